The van der Waals surface area contributed by atoms with E-state index in [1.165, 1.54) is 44.3 Å². The Morgan fingerprint density at radius 3 is 2.79 bits per heavy atom. The van der Waals surface area contributed by atoms with Crippen LogP contribution in [0, 0.1) is 0 Å². The molecule has 0 aromatic carbocycles. The molecule has 1 aromatic heterocycles. The second kappa shape index (κ2) is 7.63. The molecule has 1 aliphatic heterocycles. The van der Waals surface area contributed by atoms with Crippen molar-refractivity contribution in [1.82, 2.24) is 9.55 Å². The zero-order valence-electron chi connectivity index (χ0n) is 12.2. The number of hydrogen-bond acceptors (Lipinski definition) is 3. The number of aromatic nitrogens is 2. The van der Waals surface area contributed by atoms with Gasteiger partial charge in [-0.1, -0.05) is 26.7 Å². The van der Waals surface area contributed by atoms with Gasteiger partial charge in [-0.15, -0.1) is 23.5 Å². The summed E-state index contributed by atoms with van der Waals surface area (Å²) in [5, 5.41) is 0.884. The summed E-state index contributed by atoms with van der Waals surface area (Å²) < 4.78 is 2.71. The Morgan fingerprint density at radius 2 is 2.16 bits per heavy atom. The Bertz CT molecular complexity index is 353. The molecule has 1 fully saturated rings. The summed E-state index contributed by atoms with van der Waals surface area (Å²) in [6.07, 6.45) is 13.9. The smallest absolute Gasteiger partial charge is 0.0945 e. The highest BCUT2D eigenvalue weighted by molar-refractivity contribution is 8.21. The first-order valence-electron chi connectivity index (χ1n) is 7.55. The molecule has 4 heteroatoms. The van der Waals surface area contributed by atoms with E-state index in [9.17, 15) is 0 Å². The molecule has 0 amide bonds. The van der Waals surface area contributed by atoms with Gasteiger partial charge in [0.25, 0.3) is 0 Å². The second-order valence-corrected chi connectivity index (χ2v) is 8.72. The molecular formula is C15H26N2S2. The van der Waals surface area contributed by atoms with E-state index in [1.807, 2.05) is 12.5 Å². The maximum absolute atomic E-state index is 4.12. The van der Waals surface area contributed by atoms with Crippen LogP contribution in [0.5, 0.6) is 0 Å². The summed E-state index contributed by atoms with van der Waals surface area (Å²) in [4.78, 5) is 4.12. The number of imidazole rings is 1. The SMILES string of the molecule is CCCCC1(CCCn2ccnc2)SCC(CC)S1. The number of rotatable bonds is 8. The van der Waals surface area contributed by atoms with Crippen molar-refractivity contribution in [1.29, 1.82) is 0 Å². The average Bonchev–Trinajstić information content (AvgIpc) is 3.07. The van der Waals surface area contributed by atoms with Crippen molar-refractivity contribution in [2.24, 2.45) is 0 Å². The standard InChI is InChI=1S/C15H26N2S2/c1-3-5-7-15(18-12-14(4-2)19-15)8-6-10-17-11-9-16-13-17/h9,11,13-14H,3-8,10,12H2,1-2H3. The van der Waals surface area contributed by atoms with Crippen LogP contribution < -0.4 is 0 Å². The number of thioether (sulfide) groups is 2. The third-order valence-electron chi connectivity index (χ3n) is 3.81. The zero-order valence-corrected chi connectivity index (χ0v) is 13.8. The third kappa shape index (κ3) is 4.45. The molecule has 108 valence electrons. The topological polar surface area (TPSA) is 17.8 Å². The largest absolute Gasteiger partial charge is 0.337 e. The van der Waals surface area contributed by atoms with Crippen LogP contribution in [0.4, 0.5) is 0 Å². The molecule has 2 rings (SSSR count). The van der Waals surface area contributed by atoms with Crippen molar-refractivity contribution in [2.45, 2.75) is 68.2 Å². The van der Waals surface area contributed by atoms with E-state index in [2.05, 4.69) is 53.1 Å². The van der Waals surface area contributed by atoms with Gasteiger partial charge in [0.2, 0.25) is 0 Å². The van der Waals surface area contributed by atoms with E-state index >= 15 is 0 Å². The fourth-order valence-corrected chi connectivity index (χ4v) is 6.56. The number of nitrogens with zero attached hydrogens (tertiary/aromatic N) is 2. The Kier molecular flexibility index (Phi) is 6.14. The van der Waals surface area contributed by atoms with Gasteiger partial charge >= 0.3 is 0 Å². The van der Waals surface area contributed by atoms with Gasteiger partial charge < -0.3 is 4.57 Å². The molecule has 0 radical (unpaired) electrons. The van der Waals surface area contributed by atoms with Gasteiger partial charge in [-0.2, -0.15) is 0 Å². The van der Waals surface area contributed by atoms with Crippen LogP contribution in [0.3, 0.4) is 0 Å². The molecule has 19 heavy (non-hydrogen) atoms. The molecule has 2 atom stereocenters. The summed E-state index contributed by atoms with van der Waals surface area (Å²) in [5.41, 5.74) is 0. The van der Waals surface area contributed by atoms with Crippen LogP contribution in [-0.2, 0) is 6.54 Å². The first kappa shape index (κ1) is 15.3. The van der Waals surface area contributed by atoms with Crippen molar-refractivity contribution >= 4 is 23.5 Å². The second-order valence-electron chi connectivity index (χ2n) is 5.38. The molecule has 0 bridgehead atoms. The molecule has 0 saturated carbocycles. The fraction of sp³-hybridized carbons (Fsp3) is 0.800. The highest BCUT2D eigenvalue weighted by atomic mass is 32.2. The van der Waals surface area contributed by atoms with Crippen LogP contribution >= 0.6 is 23.5 Å². The van der Waals surface area contributed by atoms with E-state index in [0.29, 0.717) is 4.08 Å². The zero-order chi connectivity index (χ0) is 13.6. The minimum absolute atomic E-state index is 0.511. The molecule has 2 heterocycles. The maximum Gasteiger partial charge on any atom is 0.0945 e. The Labute approximate surface area is 126 Å². The molecule has 0 spiro atoms. The Balaban J connectivity index is 1.83. The summed E-state index contributed by atoms with van der Waals surface area (Å²) in [5.74, 6) is 1.36. The molecule has 1 aliphatic rings. The Morgan fingerprint density at radius 1 is 1.32 bits per heavy atom. The van der Waals surface area contributed by atoms with Crippen molar-refractivity contribution in [3.63, 3.8) is 0 Å². The number of aryl methyl sites for hydroxylation is 1. The highest BCUT2D eigenvalue weighted by Crippen LogP contribution is 2.54. The molecule has 0 N–H and O–H groups in total. The maximum atomic E-state index is 4.12. The molecule has 2 nitrogen and oxygen atoms in total. The molecule has 0 aliphatic carbocycles. The summed E-state index contributed by atoms with van der Waals surface area (Å²) in [6, 6.07) is 0. The van der Waals surface area contributed by atoms with Gasteiger partial charge in [-0.3, -0.25) is 0 Å². The normalized spacial score (nSPS) is 26.9. The van der Waals surface area contributed by atoms with Gasteiger partial charge in [0.05, 0.1) is 10.4 Å². The highest BCUT2D eigenvalue weighted by Gasteiger charge is 2.38. The Hall–Kier alpha value is -0.0900. The monoisotopic (exact) mass is 298 g/mol. The van der Waals surface area contributed by atoms with Crippen LogP contribution in [0.25, 0.3) is 0 Å². The predicted molar refractivity (Wildman–Crippen MR) is 87.8 cm³/mol. The fourth-order valence-electron chi connectivity index (χ4n) is 2.60. The van der Waals surface area contributed by atoms with Gasteiger partial charge in [-0.25, -0.2) is 4.98 Å². The van der Waals surface area contributed by atoms with Crippen molar-refractivity contribution in [2.75, 3.05) is 5.75 Å². The summed E-state index contributed by atoms with van der Waals surface area (Å²) >= 11 is 4.51. The first-order valence-corrected chi connectivity index (χ1v) is 9.42. The van der Waals surface area contributed by atoms with Crippen LogP contribution in [-0.4, -0.2) is 24.6 Å². The van der Waals surface area contributed by atoms with Gasteiger partial charge in [0, 0.05) is 29.9 Å². The molecule has 1 saturated heterocycles. The molecule has 2 unspecified atom stereocenters. The number of unbranched alkanes of at least 4 members (excludes halogenated alkanes) is 1. The minimum Gasteiger partial charge on any atom is -0.337 e. The first-order chi connectivity index (χ1) is 9.28. The minimum atomic E-state index is 0.511. The quantitative estimate of drug-likeness (QED) is 0.686. The van der Waals surface area contributed by atoms with Crippen molar-refractivity contribution in [3.05, 3.63) is 18.7 Å². The lowest BCUT2D eigenvalue weighted by Gasteiger charge is -2.28. The van der Waals surface area contributed by atoms with Crippen molar-refractivity contribution in [3.8, 4) is 0 Å². The van der Waals surface area contributed by atoms with E-state index in [1.54, 1.807) is 0 Å². The molecular weight excluding hydrogens is 272 g/mol. The van der Waals surface area contributed by atoms with Gasteiger partial charge in [-0.05, 0) is 25.7 Å². The third-order valence-corrected chi connectivity index (χ3v) is 7.84. The lowest BCUT2D eigenvalue weighted by Crippen LogP contribution is -2.18. The summed E-state index contributed by atoms with van der Waals surface area (Å²) in [7, 11) is 0. The van der Waals surface area contributed by atoms with E-state index in [4.69, 9.17) is 0 Å². The average molecular weight is 299 g/mol. The lowest BCUT2D eigenvalue weighted by molar-refractivity contribution is 0.547. The predicted octanol–water partition coefficient (Wildman–Crippen LogP) is 4.81. The summed E-state index contributed by atoms with van der Waals surface area (Å²) in [6.45, 7) is 5.76. The molecule has 1 aromatic rings. The van der Waals surface area contributed by atoms with Crippen LogP contribution in [0.2, 0.25) is 0 Å². The van der Waals surface area contributed by atoms with E-state index in [0.717, 1.165) is 11.8 Å². The van der Waals surface area contributed by atoms with Crippen LogP contribution in [0.1, 0.15) is 52.4 Å². The van der Waals surface area contributed by atoms with Crippen molar-refractivity contribution < 1.29 is 0 Å². The van der Waals surface area contributed by atoms with Crippen LogP contribution in [0.15, 0.2) is 18.7 Å². The van der Waals surface area contributed by atoms with Gasteiger partial charge in [0.1, 0.15) is 0 Å². The lowest BCUT2D eigenvalue weighted by atomic mass is 10.1. The number of hydrogen-bond donors (Lipinski definition) is 0. The van der Waals surface area contributed by atoms with E-state index in [-0.39, 0.29) is 0 Å². The van der Waals surface area contributed by atoms with E-state index < -0.39 is 0 Å². The van der Waals surface area contributed by atoms with Gasteiger partial charge in [0.15, 0.2) is 0 Å².